The molecule has 3 rings (SSSR count). The van der Waals surface area contributed by atoms with E-state index < -0.39 is 15.7 Å². The largest absolute Gasteiger partial charge is 0.403 e. The lowest BCUT2D eigenvalue weighted by Gasteiger charge is -2.02. The summed E-state index contributed by atoms with van der Waals surface area (Å²) in [6, 6.07) is 7.59. The van der Waals surface area contributed by atoms with Gasteiger partial charge in [-0.15, -0.1) is 5.10 Å². The predicted octanol–water partition coefficient (Wildman–Crippen LogP) is 1.52. The number of aryl methyl sites for hydroxylation is 1. The minimum Gasteiger partial charge on any atom is -0.403 e. The van der Waals surface area contributed by atoms with Gasteiger partial charge in [0, 0.05) is 18.8 Å². The van der Waals surface area contributed by atoms with Crippen LogP contribution in [0, 0.1) is 0 Å². The van der Waals surface area contributed by atoms with Crippen LogP contribution in [0.25, 0.3) is 11.5 Å². The molecule has 9 nitrogen and oxygen atoms in total. The van der Waals surface area contributed by atoms with Crippen LogP contribution in [0.4, 0.5) is 6.01 Å². The quantitative estimate of drug-likeness (QED) is 0.731. The van der Waals surface area contributed by atoms with Crippen molar-refractivity contribution < 1.29 is 17.6 Å². The first-order chi connectivity index (χ1) is 11.9. The van der Waals surface area contributed by atoms with Crippen LogP contribution in [-0.4, -0.2) is 40.1 Å². The van der Waals surface area contributed by atoms with Gasteiger partial charge < -0.3 is 4.42 Å². The van der Waals surface area contributed by atoms with E-state index in [1.807, 2.05) is 0 Å². The number of anilines is 1. The highest BCUT2D eigenvalue weighted by atomic mass is 32.2. The Labute approximate surface area is 143 Å². The zero-order valence-electron chi connectivity index (χ0n) is 13.5. The van der Waals surface area contributed by atoms with Gasteiger partial charge in [0.1, 0.15) is 5.69 Å². The molecule has 1 amide bonds. The van der Waals surface area contributed by atoms with Crippen LogP contribution >= 0.6 is 0 Å². The zero-order valence-corrected chi connectivity index (χ0v) is 14.3. The summed E-state index contributed by atoms with van der Waals surface area (Å²) in [7, 11) is -1.63. The van der Waals surface area contributed by atoms with E-state index in [1.54, 1.807) is 32.2 Å². The molecule has 0 saturated carbocycles. The lowest BCUT2D eigenvalue weighted by Crippen LogP contribution is -2.16. The van der Waals surface area contributed by atoms with Crippen LogP contribution in [0.1, 0.15) is 17.4 Å². The van der Waals surface area contributed by atoms with Crippen LogP contribution < -0.4 is 5.32 Å². The van der Waals surface area contributed by atoms with E-state index in [9.17, 15) is 13.2 Å². The van der Waals surface area contributed by atoms with E-state index in [0.29, 0.717) is 11.3 Å². The van der Waals surface area contributed by atoms with Crippen molar-refractivity contribution in [3.63, 3.8) is 0 Å². The number of nitrogens with zero attached hydrogens (tertiary/aromatic N) is 4. The molecule has 3 aromatic rings. The van der Waals surface area contributed by atoms with Crippen LogP contribution in [-0.2, 0) is 16.9 Å². The fourth-order valence-electron chi connectivity index (χ4n) is 2.12. The van der Waals surface area contributed by atoms with E-state index in [-0.39, 0.29) is 22.6 Å². The summed E-state index contributed by atoms with van der Waals surface area (Å²) in [6.07, 6.45) is 1.50. The summed E-state index contributed by atoms with van der Waals surface area (Å²) >= 11 is 0. The second-order valence-electron chi connectivity index (χ2n) is 5.13. The molecule has 2 heterocycles. The average molecular weight is 361 g/mol. The van der Waals surface area contributed by atoms with Gasteiger partial charge in [-0.1, -0.05) is 12.0 Å². The van der Waals surface area contributed by atoms with Gasteiger partial charge in [-0.2, -0.15) is 5.10 Å². The molecule has 0 spiro atoms. The molecule has 25 heavy (non-hydrogen) atoms. The molecule has 0 fully saturated rings. The number of amides is 1. The highest BCUT2D eigenvalue weighted by molar-refractivity contribution is 7.91. The molecular formula is C15H15N5O4S. The lowest BCUT2D eigenvalue weighted by atomic mass is 10.2. The van der Waals surface area contributed by atoms with Crippen molar-refractivity contribution in [3.8, 4) is 11.5 Å². The maximum Gasteiger partial charge on any atom is 0.322 e. The third-order valence-corrected chi connectivity index (χ3v) is 5.29. The first-order valence-electron chi connectivity index (χ1n) is 7.37. The topological polar surface area (TPSA) is 120 Å². The Kier molecular flexibility index (Phi) is 4.36. The third kappa shape index (κ3) is 3.43. The molecule has 0 unspecified atom stereocenters. The van der Waals surface area contributed by atoms with E-state index in [1.165, 1.54) is 23.0 Å². The number of nitrogens with one attached hydrogen (secondary N) is 1. The van der Waals surface area contributed by atoms with Crippen LogP contribution in [0.5, 0.6) is 0 Å². The molecule has 10 heteroatoms. The molecule has 0 aliphatic carbocycles. The molecule has 2 aromatic heterocycles. The van der Waals surface area contributed by atoms with Crippen LogP contribution in [0.2, 0.25) is 0 Å². The Balaban J connectivity index is 1.77. The van der Waals surface area contributed by atoms with Gasteiger partial charge in [0.15, 0.2) is 9.84 Å². The first-order valence-corrected chi connectivity index (χ1v) is 9.02. The highest BCUT2D eigenvalue weighted by Gasteiger charge is 2.16. The molecule has 0 bridgehead atoms. The van der Waals surface area contributed by atoms with Gasteiger partial charge in [0.2, 0.25) is 5.89 Å². The number of aromatic nitrogens is 4. The molecule has 130 valence electrons. The second-order valence-corrected chi connectivity index (χ2v) is 7.41. The van der Waals surface area contributed by atoms with E-state index in [0.717, 1.165) is 0 Å². The number of rotatable bonds is 5. The minimum atomic E-state index is -3.27. The fourth-order valence-corrected chi connectivity index (χ4v) is 3.00. The second kappa shape index (κ2) is 6.48. The standard InChI is InChI=1S/C15H15N5O4S/c1-3-25(22,23)11-6-4-10(5-7-11)14-18-19-15(24-14)17-13(21)12-8-9-16-20(12)2/h4-9H,3H2,1-2H3,(H,17,19,21). The fraction of sp³-hybridized carbons (Fsp3) is 0.200. The Hall–Kier alpha value is -3.01. The van der Waals surface area contributed by atoms with E-state index in [4.69, 9.17) is 4.42 Å². The van der Waals surface area contributed by atoms with Gasteiger partial charge in [0.05, 0.1) is 10.6 Å². The molecular weight excluding hydrogens is 346 g/mol. The number of benzene rings is 1. The molecule has 0 aliphatic heterocycles. The molecule has 0 atom stereocenters. The van der Waals surface area contributed by atoms with Crippen molar-refractivity contribution in [2.75, 3.05) is 11.1 Å². The number of carbonyl (C=O) groups excluding carboxylic acids is 1. The third-order valence-electron chi connectivity index (χ3n) is 3.54. The SMILES string of the molecule is CCS(=O)(=O)c1ccc(-c2nnc(NC(=O)c3ccnn3C)o2)cc1. The van der Waals surface area contributed by atoms with Crippen molar-refractivity contribution in [1.82, 2.24) is 20.0 Å². The summed E-state index contributed by atoms with van der Waals surface area (Å²) in [6.45, 7) is 1.58. The number of carbonyl (C=O) groups is 1. The predicted molar refractivity (Wildman–Crippen MR) is 88.6 cm³/mol. The number of hydrogen-bond donors (Lipinski definition) is 1. The van der Waals surface area contributed by atoms with Crippen molar-refractivity contribution in [1.29, 1.82) is 0 Å². The average Bonchev–Trinajstić information content (AvgIpc) is 3.24. The molecule has 0 saturated heterocycles. The van der Waals surface area contributed by atoms with E-state index in [2.05, 4.69) is 20.6 Å². The summed E-state index contributed by atoms with van der Waals surface area (Å²) in [5.41, 5.74) is 0.887. The summed E-state index contributed by atoms with van der Waals surface area (Å²) in [4.78, 5) is 12.3. The lowest BCUT2D eigenvalue weighted by molar-refractivity contribution is 0.101. The van der Waals surface area contributed by atoms with Crippen LogP contribution in [0.15, 0.2) is 45.8 Å². The number of sulfone groups is 1. The van der Waals surface area contributed by atoms with Gasteiger partial charge in [0.25, 0.3) is 5.91 Å². The minimum absolute atomic E-state index is 0.0249. The molecule has 0 radical (unpaired) electrons. The Morgan fingerprint density at radius 1 is 1.20 bits per heavy atom. The van der Waals surface area contributed by atoms with Gasteiger partial charge in [-0.3, -0.25) is 14.8 Å². The molecule has 0 aliphatic rings. The Morgan fingerprint density at radius 2 is 1.92 bits per heavy atom. The number of hydrogen-bond acceptors (Lipinski definition) is 7. The summed E-state index contributed by atoms with van der Waals surface area (Å²) in [5.74, 6) is -0.239. The normalized spacial score (nSPS) is 11.4. The summed E-state index contributed by atoms with van der Waals surface area (Å²) in [5, 5.41) is 14.0. The molecule has 1 N–H and O–H groups in total. The summed E-state index contributed by atoms with van der Waals surface area (Å²) < 4.78 is 30.4. The van der Waals surface area contributed by atoms with E-state index >= 15 is 0 Å². The molecule has 1 aromatic carbocycles. The van der Waals surface area contributed by atoms with Crippen molar-refractivity contribution in [2.45, 2.75) is 11.8 Å². The smallest absolute Gasteiger partial charge is 0.322 e. The van der Waals surface area contributed by atoms with Gasteiger partial charge in [-0.25, -0.2) is 8.42 Å². The maximum atomic E-state index is 12.1. The van der Waals surface area contributed by atoms with Crippen LogP contribution in [0.3, 0.4) is 0 Å². The van der Waals surface area contributed by atoms with Crippen molar-refractivity contribution in [3.05, 3.63) is 42.2 Å². The highest BCUT2D eigenvalue weighted by Crippen LogP contribution is 2.22. The Bertz CT molecular complexity index is 1000. The zero-order chi connectivity index (χ0) is 18.0. The van der Waals surface area contributed by atoms with Crippen molar-refractivity contribution >= 4 is 21.8 Å². The van der Waals surface area contributed by atoms with Gasteiger partial charge >= 0.3 is 6.01 Å². The Morgan fingerprint density at radius 3 is 2.52 bits per heavy atom. The maximum absolute atomic E-state index is 12.1. The first kappa shape index (κ1) is 16.8. The van der Waals surface area contributed by atoms with Gasteiger partial charge in [-0.05, 0) is 30.3 Å². The van der Waals surface area contributed by atoms with Crippen molar-refractivity contribution in [2.24, 2.45) is 7.05 Å². The monoisotopic (exact) mass is 361 g/mol.